The van der Waals surface area contributed by atoms with Crippen molar-refractivity contribution in [1.29, 1.82) is 0 Å². The number of hydrogen-bond acceptors (Lipinski definition) is 5. The molecule has 3 saturated heterocycles. The van der Waals surface area contributed by atoms with Crippen molar-refractivity contribution in [3.05, 3.63) is 11.4 Å². The molecular weight excluding hydrogens is 278 g/mol. The topological polar surface area (TPSA) is 81.3 Å². The maximum atomic E-state index is 12.4. The molecule has 8 heteroatoms. The van der Waals surface area contributed by atoms with E-state index in [1.807, 2.05) is 0 Å². The highest BCUT2D eigenvalue weighted by Gasteiger charge is 2.33. The van der Waals surface area contributed by atoms with Crippen LogP contribution < -0.4 is 4.72 Å². The second-order valence-electron chi connectivity index (χ2n) is 5.61. The van der Waals surface area contributed by atoms with Crippen molar-refractivity contribution in [1.82, 2.24) is 24.7 Å². The number of H-pyrrole nitrogens is 1. The molecule has 3 aliphatic rings. The number of nitrogens with one attached hydrogen (secondary N) is 2. The minimum absolute atomic E-state index is 0.278. The Labute approximate surface area is 119 Å². The average molecular weight is 299 g/mol. The summed E-state index contributed by atoms with van der Waals surface area (Å²) in [6.45, 7) is 9.12. The summed E-state index contributed by atoms with van der Waals surface area (Å²) in [6, 6.07) is 0.278. The Kier molecular flexibility index (Phi) is 3.57. The van der Waals surface area contributed by atoms with E-state index in [2.05, 4.69) is 24.7 Å². The van der Waals surface area contributed by atoms with Crippen LogP contribution in [0.15, 0.2) is 4.90 Å². The number of piperazine rings is 3. The smallest absolute Gasteiger partial charge is 0.244 e. The summed E-state index contributed by atoms with van der Waals surface area (Å²) in [4.78, 5) is 5.05. The van der Waals surface area contributed by atoms with E-state index in [4.69, 9.17) is 0 Å². The summed E-state index contributed by atoms with van der Waals surface area (Å²) in [5.41, 5.74) is 1.11. The number of aryl methyl sites for hydroxylation is 2. The SMILES string of the molecule is Cc1n[nH]c(C)c1S(=O)(=O)NCC1CN2CCN1CC2. The van der Waals surface area contributed by atoms with E-state index in [9.17, 15) is 8.42 Å². The lowest BCUT2D eigenvalue weighted by atomic mass is 10.1. The van der Waals surface area contributed by atoms with Gasteiger partial charge in [-0.1, -0.05) is 0 Å². The van der Waals surface area contributed by atoms with Gasteiger partial charge in [0.2, 0.25) is 10.0 Å². The summed E-state index contributed by atoms with van der Waals surface area (Å²) in [5, 5.41) is 6.67. The van der Waals surface area contributed by atoms with Gasteiger partial charge in [-0.2, -0.15) is 5.10 Å². The third-order valence-electron chi connectivity index (χ3n) is 4.23. The van der Waals surface area contributed by atoms with Crippen LogP contribution in [0.2, 0.25) is 0 Å². The standard InChI is InChI=1S/C12H21N5O2S/c1-9-12(10(2)15-14-9)20(18,19)13-7-11-8-16-3-5-17(11)6-4-16/h11,13H,3-8H2,1-2H3,(H,14,15). The highest BCUT2D eigenvalue weighted by molar-refractivity contribution is 7.89. The maximum Gasteiger partial charge on any atom is 0.244 e. The van der Waals surface area contributed by atoms with Gasteiger partial charge >= 0.3 is 0 Å². The second-order valence-corrected chi connectivity index (χ2v) is 7.31. The van der Waals surface area contributed by atoms with Crippen LogP contribution in [0.5, 0.6) is 0 Å². The summed E-state index contributed by atoms with van der Waals surface area (Å²) in [7, 11) is -3.48. The first-order valence-corrected chi connectivity index (χ1v) is 8.43. The molecule has 1 aromatic heterocycles. The normalized spacial score (nSPS) is 29.8. The molecule has 4 heterocycles. The Bertz CT molecular complexity index is 569. The van der Waals surface area contributed by atoms with Crippen molar-refractivity contribution in [2.45, 2.75) is 24.8 Å². The van der Waals surface area contributed by atoms with Crippen LogP contribution in [0, 0.1) is 13.8 Å². The molecule has 0 amide bonds. The van der Waals surface area contributed by atoms with Gasteiger partial charge in [-0.05, 0) is 13.8 Å². The van der Waals surface area contributed by atoms with Crippen molar-refractivity contribution < 1.29 is 8.42 Å². The molecule has 1 atom stereocenters. The quantitative estimate of drug-likeness (QED) is 0.769. The van der Waals surface area contributed by atoms with Crippen LogP contribution in [0.3, 0.4) is 0 Å². The van der Waals surface area contributed by atoms with Crippen LogP contribution in [0.4, 0.5) is 0 Å². The minimum atomic E-state index is -3.48. The molecule has 0 spiro atoms. The van der Waals surface area contributed by atoms with Gasteiger partial charge in [0.1, 0.15) is 4.90 Å². The Morgan fingerprint density at radius 2 is 2.00 bits per heavy atom. The molecule has 2 bridgehead atoms. The summed E-state index contributed by atoms with van der Waals surface area (Å²) < 4.78 is 27.5. The number of hydrogen-bond donors (Lipinski definition) is 2. The molecule has 1 aromatic rings. The van der Waals surface area contributed by atoms with Crippen LogP contribution in [-0.4, -0.2) is 73.7 Å². The average Bonchev–Trinajstić information content (AvgIpc) is 2.78. The first-order chi connectivity index (χ1) is 9.47. The summed E-state index contributed by atoms with van der Waals surface area (Å²) >= 11 is 0. The Hall–Kier alpha value is -0.960. The van der Waals surface area contributed by atoms with E-state index in [1.165, 1.54) is 0 Å². The molecule has 3 fully saturated rings. The highest BCUT2D eigenvalue weighted by Crippen LogP contribution is 2.18. The fourth-order valence-electron chi connectivity index (χ4n) is 3.13. The first kappa shape index (κ1) is 14.0. The monoisotopic (exact) mass is 299 g/mol. The van der Waals surface area contributed by atoms with Gasteiger partial charge in [-0.25, -0.2) is 13.1 Å². The van der Waals surface area contributed by atoms with E-state index >= 15 is 0 Å². The minimum Gasteiger partial charge on any atom is -0.299 e. The zero-order chi connectivity index (χ0) is 14.3. The van der Waals surface area contributed by atoms with E-state index in [1.54, 1.807) is 13.8 Å². The molecule has 3 aliphatic heterocycles. The molecule has 4 rings (SSSR count). The molecule has 20 heavy (non-hydrogen) atoms. The van der Waals surface area contributed by atoms with E-state index in [0.717, 1.165) is 32.7 Å². The molecule has 1 unspecified atom stereocenters. The Morgan fingerprint density at radius 1 is 1.30 bits per heavy atom. The number of sulfonamides is 1. The number of nitrogens with zero attached hydrogens (tertiary/aromatic N) is 3. The lowest BCUT2D eigenvalue weighted by Gasteiger charge is -2.47. The number of aromatic amines is 1. The van der Waals surface area contributed by atoms with E-state index in [-0.39, 0.29) is 10.9 Å². The van der Waals surface area contributed by atoms with E-state index < -0.39 is 10.0 Å². The van der Waals surface area contributed by atoms with Gasteiger partial charge in [0.15, 0.2) is 0 Å². The number of fused-ring (bicyclic) bond motifs is 3. The van der Waals surface area contributed by atoms with Crippen molar-refractivity contribution >= 4 is 10.0 Å². The van der Waals surface area contributed by atoms with Crippen LogP contribution in [-0.2, 0) is 10.0 Å². The predicted molar refractivity (Wildman–Crippen MR) is 75.1 cm³/mol. The molecule has 112 valence electrons. The Balaban J connectivity index is 1.69. The first-order valence-electron chi connectivity index (χ1n) is 6.95. The zero-order valence-corrected chi connectivity index (χ0v) is 12.7. The van der Waals surface area contributed by atoms with Crippen molar-refractivity contribution in [2.24, 2.45) is 0 Å². The van der Waals surface area contributed by atoms with Crippen LogP contribution in [0.1, 0.15) is 11.4 Å². The van der Waals surface area contributed by atoms with E-state index in [0.29, 0.717) is 17.9 Å². The number of rotatable bonds is 4. The summed E-state index contributed by atoms with van der Waals surface area (Å²) in [6.07, 6.45) is 0. The van der Waals surface area contributed by atoms with Gasteiger partial charge in [0.05, 0.1) is 11.4 Å². The zero-order valence-electron chi connectivity index (χ0n) is 11.9. The van der Waals surface area contributed by atoms with Crippen LogP contribution in [0.25, 0.3) is 0 Å². The number of aromatic nitrogens is 2. The van der Waals surface area contributed by atoms with Gasteiger partial charge in [0, 0.05) is 45.3 Å². The Morgan fingerprint density at radius 3 is 2.50 bits per heavy atom. The predicted octanol–water partition coefficient (Wildman–Crippen LogP) is -0.695. The molecule has 2 N–H and O–H groups in total. The fraction of sp³-hybridized carbons (Fsp3) is 0.750. The van der Waals surface area contributed by atoms with Gasteiger partial charge in [-0.3, -0.25) is 14.9 Å². The lowest BCUT2D eigenvalue weighted by molar-refractivity contribution is 0.0158. The fourth-order valence-corrected chi connectivity index (χ4v) is 4.57. The summed E-state index contributed by atoms with van der Waals surface area (Å²) in [5.74, 6) is 0. The van der Waals surface area contributed by atoms with Crippen molar-refractivity contribution in [3.8, 4) is 0 Å². The molecular formula is C12H21N5O2S. The van der Waals surface area contributed by atoms with Gasteiger partial charge < -0.3 is 0 Å². The van der Waals surface area contributed by atoms with Gasteiger partial charge in [-0.15, -0.1) is 0 Å². The molecule has 0 saturated carbocycles. The lowest BCUT2D eigenvalue weighted by Crippen LogP contribution is -2.63. The maximum absolute atomic E-state index is 12.4. The molecule has 7 nitrogen and oxygen atoms in total. The molecule has 0 aromatic carbocycles. The third-order valence-corrected chi connectivity index (χ3v) is 5.92. The largest absolute Gasteiger partial charge is 0.299 e. The molecule has 0 aliphatic carbocycles. The third kappa shape index (κ3) is 2.48. The molecule has 0 radical (unpaired) electrons. The van der Waals surface area contributed by atoms with Crippen molar-refractivity contribution in [2.75, 3.05) is 39.3 Å². The van der Waals surface area contributed by atoms with Crippen molar-refractivity contribution in [3.63, 3.8) is 0 Å². The van der Waals surface area contributed by atoms with Crippen LogP contribution >= 0.6 is 0 Å². The second kappa shape index (κ2) is 5.10. The van der Waals surface area contributed by atoms with Gasteiger partial charge in [0.25, 0.3) is 0 Å². The highest BCUT2D eigenvalue weighted by atomic mass is 32.2.